The average molecular weight is 185 g/mol. The van der Waals surface area contributed by atoms with Crippen molar-refractivity contribution in [3.05, 3.63) is 35.4 Å². The maximum atomic E-state index is 5.69. The molecule has 0 saturated heterocycles. The van der Waals surface area contributed by atoms with Crippen molar-refractivity contribution in [2.45, 2.75) is 27.2 Å². The summed E-state index contributed by atoms with van der Waals surface area (Å²) in [5.74, 6) is 0.656. The van der Waals surface area contributed by atoms with Gasteiger partial charge in [0.1, 0.15) is 0 Å². The first-order chi connectivity index (χ1) is 5.56. The second kappa shape index (κ2) is 6.07. The molecular formula is C11H17Cl. The maximum Gasteiger partial charge on any atom is 0.0336 e. The van der Waals surface area contributed by atoms with Gasteiger partial charge in [-0.05, 0) is 30.9 Å². The molecule has 1 heteroatoms. The van der Waals surface area contributed by atoms with Crippen LogP contribution in [0.25, 0.3) is 0 Å². The van der Waals surface area contributed by atoms with E-state index in [1.54, 1.807) is 0 Å². The van der Waals surface area contributed by atoms with Gasteiger partial charge in [0.05, 0.1) is 0 Å². The Bertz CT molecular complexity index is 197. The fourth-order valence-electron chi connectivity index (χ4n) is 1.06. The molecule has 0 nitrogen and oxygen atoms in total. The van der Waals surface area contributed by atoms with Gasteiger partial charge in [0.25, 0.3) is 0 Å². The topological polar surface area (TPSA) is 0 Å². The minimum Gasteiger partial charge on any atom is -0.0874 e. The molecule has 0 aromatic heterocycles. The monoisotopic (exact) mass is 184 g/mol. The van der Waals surface area contributed by atoms with Crippen LogP contribution >= 0.6 is 11.6 Å². The predicted molar refractivity (Wildman–Crippen MR) is 57.3 cm³/mol. The van der Waals surface area contributed by atoms with E-state index in [9.17, 15) is 0 Å². The molecule has 0 aromatic rings. The first-order valence-corrected chi connectivity index (χ1v) is 4.61. The summed E-state index contributed by atoms with van der Waals surface area (Å²) in [7, 11) is 0. The van der Waals surface area contributed by atoms with E-state index in [0.717, 1.165) is 6.42 Å². The lowest BCUT2D eigenvalue weighted by Gasteiger charge is -2.04. The van der Waals surface area contributed by atoms with E-state index in [0.29, 0.717) is 11.0 Å². The van der Waals surface area contributed by atoms with Crippen LogP contribution in [0.5, 0.6) is 0 Å². The van der Waals surface area contributed by atoms with Crippen LogP contribution in [0.15, 0.2) is 35.4 Å². The highest BCUT2D eigenvalue weighted by Crippen LogP contribution is 2.15. The molecule has 0 aliphatic heterocycles. The summed E-state index contributed by atoms with van der Waals surface area (Å²) < 4.78 is 0. The van der Waals surface area contributed by atoms with Gasteiger partial charge < -0.3 is 0 Å². The van der Waals surface area contributed by atoms with E-state index in [4.69, 9.17) is 11.6 Å². The summed E-state index contributed by atoms with van der Waals surface area (Å²) in [5, 5.41) is 0.601. The highest BCUT2D eigenvalue weighted by Gasteiger charge is 1.97. The largest absolute Gasteiger partial charge is 0.0874 e. The fraction of sp³-hybridized carbons (Fsp3) is 0.455. The molecule has 0 atom stereocenters. The van der Waals surface area contributed by atoms with Crippen molar-refractivity contribution in [2.24, 2.45) is 5.92 Å². The number of hydrogen-bond donors (Lipinski definition) is 0. The zero-order chi connectivity index (χ0) is 9.56. The molecule has 0 radical (unpaired) electrons. The summed E-state index contributed by atoms with van der Waals surface area (Å²) in [6.45, 7) is 10.0. The molecule has 0 aliphatic rings. The molecule has 0 aliphatic carbocycles. The van der Waals surface area contributed by atoms with Gasteiger partial charge in [-0.3, -0.25) is 0 Å². The average Bonchev–Trinajstić information content (AvgIpc) is 1.84. The number of halogens is 1. The van der Waals surface area contributed by atoms with E-state index in [-0.39, 0.29) is 0 Å². The normalized spacial score (nSPS) is 12.9. The maximum absolute atomic E-state index is 5.69. The van der Waals surface area contributed by atoms with Crippen LogP contribution in [0.1, 0.15) is 27.2 Å². The first kappa shape index (κ1) is 11.5. The first-order valence-electron chi connectivity index (χ1n) is 4.24. The zero-order valence-electron chi connectivity index (χ0n) is 8.10. The SMILES string of the molecule is C=C(Cl)/C=C(\C=C/C)CC(C)C. The third-order valence-corrected chi connectivity index (χ3v) is 1.48. The summed E-state index contributed by atoms with van der Waals surface area (Å²) in [5.41, 5.74) is 1.24. The van der Waals surface area contributed by atoms with Gasteiger partial charge in [-0.2, -0.15) is 0 Å². The molecule has 68 valence electrons. The smallest absolute Gasteiger partial charge is 0.0336 e. The van der Waals surface area contributed by atoms with E-state index in [2.05, 4.69) is 26.5 Å². The predicted octanol–water partition coefficient (Wildman–Crippen LogP) is 4.29. The van der Waals surface area contributed by atoms with Crippen LogP contribution in [0.3, 0.4) is 0 Å². The van der Waals surface area contributed by atoms with Crippen molar-refractivity contribution in [2.75, 3.05) is 0 Å². The van der Waals surface area contributed by atoms with Crippen molar-refractivity contribution in [1.82, 2.24) is 0 Å². The molecular weight excluding hydrogens is 168 g/mol. The van der Waals surface area contributed by atoms with Crippen LogP contribution in [-0.4, -0.2) is 0 Å². The quantitative estimate of drug-likeness (QED) is 0.572. The van der Waals surface area contributed by atoms with Crippen molar-refractivity contribution >= 4 is 11.6 Å². The Morgan fingerprint density at radius 1 is 1.50 bits per heavy atom. The molecule has 0 unspecified atom stereocenters. The molecule has 12 heavy (non-hydrogen) atoms. The number of allylic oxidation sites excluding steroid dienone is 5. The molecule has 0 heterocycles. The van der Waals surface area contributed by atoms with Gasteiger partial charge in [0.2, 0.25) is 0 Å². The second-order valence-corrected chi connectivity index (χ2v) is 3.75. The van der Waals surface area contributed by atoms with Crippen LogP contribution in [0.4, 0.5) is 0 Å². The molecule has 0 amide bonds. The third kappa shape index (κ3) is 6.23. The summed E-state index contributed by atoms with van der Waals surface area (Å²) in [6.07, 6.45) is 7.07. The Hall–Kier alpha value is -0.490. The molecule has 0 aromatic carbocycles. The Balaban J connectivity index is 4.33. The summed E-state index contributed by atoms with van der Waals surface area (Å²) >= 11 is 5.69. The molecule has 0 saturated carbocycles. The lowest BCUT2D eigenvalue weighted by atomic mass is 10.0. The van der Waals surface area contributed by atoms with Gasteiger partial charge in [-0.15, -0.1) is 0 Å². The standard InChI is InChI=1S/C11H17Cl/c1-5-6-11(7-9(2)3)8-10(4)12/h5-6,8-9H,4,7H2,1-3H3/b6-5-,11-8+. The van der Waals surface area contributed by atoms with Crippen molar-refractivity contribution in [3.63, 3.8) is 0 Å². The van der Waals surface area contributed by atoms with Gasteiger partial charge in [0.15, 0.2) is 0 Å². The number of rotatable bonds is 4. The van der Waals surface area contributed by atoms with Crippen molar-refractivity contribution < 1.29 is 0 Å². The number of hydrogen-bond acceptors (Lipinski definition) is 0. The van der Waals surface area contributed by atoms with Crippen LogP contribution in [-0.2, 0) is 0 Å². The van der Waals surface area contributed by atoms with Gasteiger partial charge in [0, 0.05) is 5.03 Å². The van der Waals surface area contributed by atoms with E-state index in [1.165, 1.54) is 5.57 Å². The van der Waals surface area contributed by atoms with Gasteiger partial charge in [-0.1, -0.05) is 44.2 Å². The highest BCUT2D eigenvalue weighted by molar-refractivity contribution is 6.30. The van der Waals surface area contributed by atoms with Gasteiger partial charge in [-0.25, -0.2) is 0 Å². The fourth-order valence-corrected chi connectivity index (χ4v) is 1.20. The Labute approximate surface area is 80.6 Å². The second-order valence-electron chi connectivity index (χ2n) is 3.26. The third-order valence-electron chi connectivity index (χ3n) is 1.37. The molecule has 0 spiro atoms. The van der Waals surface area contributed by atoms with Crippen molar-refractivity contribution in [1.29, 1.82) is 0 Å². The molecule has 0 fully saturated rings. The van der Waals surface area contributed by atoms with Crippen LogP contribution < -0.4 is 0 Å². The molecule has 0 N–H and O–H groups in total. The lowest BCUT2D eigenvalue weighted by molar-refractivity contribution is 0.650. The molecule has 0 rings (SSSR count). The van der Waals surface area contributed by atoms with Gasteiger partial charge >= 0.3 is 0 Å². The summed E-state index contributed by atoms with van der Waals surface area (Å²) in [6, 6.07) is 0. The minimum atomic E-state index is 0.601. The lowest BCUT2D eigenvalue weighted by Crippen LogP contribution is -1.89. The zero-order valence-corrected chi connectivity index (χ0v) is 8.86. The van der Waals surface area contributed by atoms with Crippen molar-refractivity contribution in [3.8, 4) is 0 Å². The Morgan fingerprint density at radius 3 is 2.42 bits per heavy atom. The van der Waals surface area contributed by atoms with Crippen LogP contribution in [0, 0.1) is 5.92 Å². The molecule has 0 bridgehead atoms. The van der Waals surface area contributed by atoms with Crippen LogP contribution in [0.2, 0.25) is 0 Å². The highest BCUT2D eigenvalue weighted by atomic mass is 35.5. The Kier molecular flexibility index (Phi) is 5.83. The van der Waals surface area contributed by atoms with E-state index in [1.807, 2.05) is 19.1 Å². The summed E-state index contributed by atoms with van der Waals surface area (Å²) in [4.78, 5) is 0. The minimum absolute atomic E-state index is 0.601. The Morgan fingerprint density at radius 2 is 2.08 bits per heavy atom. The van der Waals surface area contributed by atoms with E-state index < -0.39 is 0 Å². The van der Waals surface area contributed by atoms with E-state index >= 15 is 0 Å².